The Hall–Kier alpha value is 0.763. The molecule has 0 aromatic heterocycles. The summed E-state index contributed by atoms with van der Waals surface area (Å²) in [6.07, 6.45) is 0. The third kappa shape index (κ3) is 14.7. The summed E-state index contributed by atoms with van der Waals surface area (Å²) in [5, 5.41) is 0. The van der Waals surface area contributed by atoms with E-state index in [0.29, 0.717) is 0 Å². The van der Waals surface area contributed by atoms with Gasteiger partial charge in [-0.15, -0.1) is 0 Å². The van der Waals surface area contributed by atoms with E-state index in [1.54, 1.807) is 0 Å². The van der Waals surface area contributed by atoms with Crippen molar-refractivity contribution in [2.75, 3.05) is 0 Å². The van der Waals surface area contributed by atoms with Crippen LogP contribution in [0.5, 0.6) is 0 Å². The van der Waals surface area contributed by atoms with Crippen molar-refractivity contribution in [3.05, 3.63) is 0 Å². The maximum atomic E-state index is 4.21. The molecule has 2 nitrogen and oxygen atoms in total. The molecule has 0 rings (SSSR count). The molecule has 4 N–H and O–H groups in total. The van der Waals surface area contributed by atoms with Gasteiger partial charge in [-0.2, -0.15) is 0 Å². The molecule has 0 radical (unpaired) electrons. The Balaban J connectivity index is -0.00000000500. The fourth-order valence-electron chi connectivity index (χ4n) is 0. The van der Waals surface area contributed by atoms with Gasteiger partial charge in [-0.25, -0.2) is 0 Å². The van der Waals surface area contributed by atoms with Crippen molar-refractivity contribution in [3.63, 3.8) is 0 Å². The molecule has 24 valence electrons. The standard InChI is InChI=1S/2H2O.S.Zn/h2*1H2;;. The van der Waals surface area contributed by atoms with Crippen molar-refractivity contribution in [2.24, 2.45) is 0 Å². The summed E-state index contributed by atoms with van der Waals surface area (Å²) < 4.78 is 0. The molecule has 0 heterocycles. The van der Waals surface area contributed by atoms with E-state index < -0.39 is 0 Å². The van der Waals surface area contributed by atoms with Gasteiger partial charge in [0.2, 0.25) is 0 Å². The van der Waals surface area contributed by atoms with Gasteiger partial charge in [-0.05, 0) is 0 Å². The van der Waals surface area contributed by atoms with E-state index in [-0.39, 0.29) is 11.0 Å². The van der Waals surface area contributed by atoms with E-state index >= 15 is 0 Å². The van der Waals surface area contributed by atoms with Crippen LogP contribution in [0.2, 0.25) is 0 Å². The molecule has 0 spiro atoms. The Morgan fingerprint density at radius 3 is 1.00 bits per heavy atom. The van der Waals surface area contributed by atoms with Crippen LogP contribution in [-0.4, -0.2) is 11.0 Å². The predicted molar refractivity (Wildman–Crippen MR) is 14.8 cm³/mol. The Morgan fingerprint density at radius 2 is 1.00 bits per heavy atom. The third-order valence-corrected chi connectivity index (χ3v) is 0. The minimum absolute atomic E-state index is 0. The van der Waals surface area contributed by atoms with Gasteiger partial charge in [0, 0.05) is 0 Å². The van der Waals surface area contributed by atoms with Crippen LogP contribution in [0.3, 0.4) is 0 Å². The van der Waals surface area contributed by atoms with Crippen LogP contribution in [0.4, 0.5) is 0 Å². The van der Waals surface area contributed by atoms with Crippen LogP contribution in [0.1, 0.15) is 0 Å². The molecular weight excluding hydrogens is 129 g/mol. The van der Waals surface area contributed by atoms with Gasteiger partial charge in [0.15, 0.2) is 0 Å². The average molecular weight is 133 g/mol. The topological polar surface area (TPSA) is 63.0 Å². The van der Waals surface area contributed by atoms with Crippen molar-refractivity contribution >= 4 is 10.1 Å². The van der Waals surface area contributed by atoms with Crippen LogP contribution < -0.4 is 0 Å². The van der Waals surface area contributed by atoms with Crippen LogP contribution in [0, 0.1) is 0 Å². The first-order valence-electron chi connectivity index (χ1n) is 0.289. The first kappa shape index (κ1) is 21.7. The van der Waals surface area contributed by atoms with Crippen molar-refractivity contribution in [2.45, 2.75) is 0 Å². The van der Waals surface area contributed by atoms with E-state index in [2.05, 4.69) is 10.1 Å². The second kappa shape index (κ2) is 49.3. The van der Waals surface area contributed by atoms with Crippen molar-refractivity contribution in [3.8, 4) is 0 Å². The first-order chi connectivity index (χ1) is 1.00. The monoisotopic (exact) mass is 132 g/mol. The zero-order valence-electron chi connectivity index (χ0n) is 2.12. The molecule has 0 unspecified atom stereocenters. The van der Waals surface area contributed by atoms with Crippen molar-refractivity contribution < 1.29 is 27.5 Å². The molecular formula is H4O2SZn. The summed E-state index contributed by atoms with van der Waals surface area (Å²) in [6, 6.07) is 0. The van der Waals surface area contributed by atoms with Crippen LogP contribution in [-0.2, 0) is 16.6 Å². The van der Waals surface area contributed by atoms with Crippen molar-refractivity contribution in [1.29, 1.82) is 0 Å². The Kier molecular flexibility index (Phi) is 267. The van der Waals surface area contributed by atoms with Crippen LogP contribution in [0.25, 0.3) is 0 Å². The van der Waals surface area contributed by atoms with E-state index in [1.165, 1.54) is 0 Å². The number of rotatable bonds is 0. The molecule has 0 saturated heterocycles. The minimum atomic E-state index is 0. The first-order valence-corrected chi connectivity index (χ1v) is 4.50. The van der Waals surface area contributed by atoms with E-state index in [0.717, 1.165) is 16.6 Å². The molecule has 0 fully saturated rings. The zero-order chi connectivity index (χ0) is 2.00. The van der Waals surface area contributed by atoms with Gasteiger partial charge in [0.1, 0.15) is 0 Å². The maximum absolute atomic E-state index is 4.21. The second-order valence-electron chi connectivity index (χ2n) is 0. The van der Waals surface area contributed by atoms with Gasteiger partial charge in [-0.1, -0.05) is 0 Å². The van der Waals surface area contributed by atoms with E-state index in [4.69, 9.17) is 0 Å². The molecule has 0 amide bonds. The summed E-state index contributed by atoms with van der Waals surface area (Å²) >= 11 is 0.958. The van der Waals surface area contributed by atoms with Gasteiger partial charge in [0.05, 0.1) is 0 Å². The van der Waals surface area contributed by atoms with E-state index in [1.807, 2.05) is 0 Å². The normalized spacial score (nSPS) is 1.50. The summed E-state index contributed by atoms with van der Waals surface area (Å²) in [7, 11) is 4.21. The Labute approximate surface area is 38.1 Å². The second-order valence-corrected chi connectivity index (χ2v) is 0. The van der Waals surface area contributed by atoms with Gasteiger partial charge >= 0.3 is 26.7 Å². The molecule has 4 heavy (non-hydrogen) atoms. The van der Waals surface area contributed by atoms with E-state index in [9.17, 15) is 0 Å². The number of hydrogen-bond acceptors (Lipinski definition) is 1. The molecule has 0 atom stereocenters. The Bertz CT molecular complexity index is 6.00. The Morgan fingerprint density at radius 1 is 1.00 bits per heavy atom. The molecule has 0 bridgehead atoms. The molecule has 0 saturated carbocycles. The van der Waals surface area contributed by atoms with Gasteiger partial charge in [0.25, 0.3) is 0 Å². The quantitative estimate of drug-likeness (QED) is 0.391. The summed E-state index contributed by atoms with van der Waals surface area (Å²) in [6.45, 7) is 0. The van der Waals surface area contributed by atoms with Crippen LogP contribution >= 0.6 is 10.1 Å². The van der Waals surface area contributed by atoms with Crippen LogP contribution in [0.15, 0.2) is 0 Å². The third-order valence-electron chi connectivity index (χ3n) is 0. The zero-order valence-corrected chi connectivity index (χ0v) is 5.90. The van der Waals surface area contributed by atoms with Gasteiger partial charge < -0.3 is 11.0 Å². The molecule has 0 aliphatic rings. The SMILES string of the molecule is O.O.[S]=[Zn]. The summed E-state index contributed by atoms with van der Waals surface area (Å²) in [5.74, 6) is 0. The van der Waals surface area contributed by atoms with Gasteiger partial charge in [-0.3, -0.25) is 0 Å². The predicted octanol–water partition coefficient (Wildman–Crippen LogP) is -1.00. The summed E-state index contributed by atoms with van der Waals surface area (Å²) in [4.78, 5) is 0. The average Bonchev–Trinajstić information content (AvgIpc) is 1.00. The fourth-order valence-corrected chi connectivity index (χ4v) is 0. The molecule has 0 aromatic carbocycles. The number of hydrogen-bond donors (Lipinski definition) is 0. The summed E-state index contributed by atoms with van der Waals surface area (Å²) in [5.41, 5.74) is 0. The molecule has 0 aliphatic heterocycles. The molecule has 4 heteroatoms. The van der Waals surface area contributed by atoms with Crippen molar-refractivity contribution in [1.82, 2.24) is 0 Å². The molecule has 0 aliphatic carbocycles. The molecule has 0 aromatic rings. The fraction of sp³-hybridized carbons (Fsp3) is 0.